The van der Waals surface area contributed by atoms with Crippen molar-refractivity contribution in [1.29, 1.82) is 0 Å². The molecule has 0 atom stereocenters. The topological polar surface area (TPSA) is 19.4 Å². The normalized spacial score (nSPS) is 23.6. The van der Waals surface area contributed by atoms with Gasteiger partial charge in [0.1, 0.15) is 0 Å². The van der Waals surface area contributed by atoms with E-state index < -0.39 is 0 Å². The molecule has 1 saturated carbocycles. The molecule has 1 heterocycles. The zero-order valence-electron chi connectivity index (χ0n) is 11.5. The number of aromatic nitrogens is 1. The Morgan fingerprint density at radius 1 is 1.32 bits per heavy atom. The van der Waals surface area contributed by atoms with Crippen LogP contribution in [0.2, 0.25) is 0 Å². The van der Waals surface area contributed by atoms with E-state index in [2.05, 4.69) is 46.6 Å². The van der Waals surface area contributed by atoms with Gasteiger partial charge in [-0.3, -0.25) is 9.40 Å². The van der Waals surface area contributed by atoms with E-state index in [-0.39, 0.29) is 0 Å². The number of halogens is 2. The maximum absolute atomic E-state index is 6.53. The Morgan fingerprint density at radius 3 is 2.58 bits per heavy atom. The Balaban J connectivity index is 1.93. The van der Waals surface area contributed by atoms with Crippen LogP contribution in [0.15, 0.2) is 18.5 Å². The molecule has 0 saturated heterocycles. The van der Waals surface area contributed by atoms with Crippen molar-refractivity contribution < 1.29 is 0 Å². The fourth-order valence-corrected chi connectivity index (χ4v) is 3.89. The van der Waals surface area contributed by atoms with Gasteiger partial charge in [0.25, 0.3) is 0 Å². The fourth-order valence-electron chi connectivity index (χ4n) is 2.81. The first-order chi connectivity index (χ1) is 9.08. The van der Waals surface area contributed by atoms with Crippen molar-refractivity contribution in [2.45, 2.75) is 31.7 Å². The number of nitrogens with zero attached hydrogens (tertiary/aromatic N) is 3. The second kappa shape index (κ2) is 7.09. The second-order valence-electron chi connectivity index (χ2n) is 5.58. The molecule has 0 radical (unpaired) electrons. The van der Waals surface area contributed by atoms with Gasteiger partial charge in [-0.25, -0.2) is 0 Å². The number of hydrogen-bond donors (Lipinski definition) is 0. The third kappa shape index (κ3) is 4.20. The van der Waals surface area contributed by atoms with Crippen molar-refractivity contribution >= 4 is 40.1 Å². The minimum atomic E-state index is 0.455. The summed E-state index contributed by atoms with van der Waals surface area (Å²) in [5.41, 5.74) is 1.09. The quantitative estimate of drug-likeness (QED) is 0.573. The Labute approximate surface area is 134 Å². The van der Waals surface area contributed by atoms with Crippen LogP contribution in [0.25, 0.3) is 0 Å². The third-order valence-corrected chi connectivity index (χ3v) is 5.03. The number of anilines is 1. The molecule has 1 aliphatic rings. The minimum Gasteiger partial charge on any atom is -0.309 e. The summed E-state index contributed by atoms with van der Waals surface area (Å²) in [5, 5.41) is 0. The maximum atomic E-state index is 6.53. The lowest BCUT2D eigenvalue weighted by atomic mass is 9.85. The third-order valence-electron chi connectivity index (χ3n) is 3.74. The summed E-state index contributed by atoms with van der Waals surface area (Å²) in [6, 6.07) is 2.46. The van der Waals surface area contributed by atoms with Gasteiger partial charge in [0, 0.05) is 36.8 Å². The van der Waals surface area contributed by atoms with E-state index >= 15 is 0 Å². The molecule has 1 aliphatic carbocycles. The summed E-state index contributed by atoms with van der Waals surface area (Å²) in [5.74, 6) is 0.827. The Morgan fingerprint density at radius 2 is 2.00 bits per heavy atom. The SMILES string of the molecule is CN(C)CC1CCC(N(Cl)c2ccncc2I)CC1. The highest BCUT2D eigenvalue weighted by molar-refractivity contribution is 14.1. The van der Waals surface area contributed by atoms with E-state index in [1.54, 1.807) is 0 Å². The predicted molar refractivity (Wildman–Crippen MR) is 89.6 cm³/mol. The van der Waals surface area contributed by atoms with Crippen molar-refractivity contribution in [2.24, 2.45) is 5.92 Å². The van der Waals surface area contributed by atoms with Crippen molar-refractivity contribution in [3.63, 3.8) is 0 Å². The van der Waals surface area contributed by atoms with Gasteiger partial charge in [-0.15, -0.1) is 0 Å². The van der Waals surface area contributed by atoms with Crippen LogP contribution in [-0.2, 0) is 0 Å². The van der Waals surface area contributed by atoms with Gasteiger partial charge in [0.15, 0.2) is 0 Å². The van der Waals surface area contributed by atoms with Gasteiger partial charge >= 0.3 is 0 Å². The molecule has 0 aliphatic heterocycles. The Hall–Kier alpha value is -0.0700. The van der Waals surface area contributed by atoms with Crippen LogP contribution in [0, 0.1) is 9.49 Å². The summed E-state index contributed by atoms with van der Waals surface area (Å²) in [6.07, 6.45) is 8.58. The van der Waals surface area contributed by atoms with Gasteiger partial charge < -0.3 is 4.90 Å². The molecule has 0 unspecified atom stereocenters. The first-order valence-electron chi connectivity index (χ1n) is 6.77. The summed E-state index contributed by atoms with van der Waals surface area (Å²) >= 11 is 8.83. The zero-order valence-corrected chi connectivity index (χ0v) is 14.4. The highest BCUT2D eigenvalue weighted by atomic mass is 127. The van der Waals surface area contributed by atoms with Gasteiger partial charge in [0.05, 0.1) is 9.26 Å². The van der Waals surface area contributed by atoms with Crippen molar-refractivity contribution in [1.82, 2.24) is 9.88 Å². The fraction of sp³-hybridized carbons (Fsp3) is 0.643. The first-order valence-corrected chi connectivity index (χ1v) is 8.19. The van der Waals surface area contributed by atoms with Gasteiger partial charge in [0.2, 0.25) is 0 Å². The van der Waals surface area contributed by atoms with Crippen molar-refractivity contribution in [3.8, 4) is 0 Å². The number of hydrogen-bond acceptors (Lipinski definition) is 3. The molecule has 0 N–H and O–H groups in total. The van der Waals surface area contributed by atoms with E-state index in [4.69, 9.17) is 11.8 Å². The largest absolute Gasteiger partial charge is 0.309 e. The van der Waals surface area contributed by atoms with Crippen LogP contribution < -0.4 is 4.42 Å². The highest BCUT2D eigenvalue weighted by Crippen LogP contribution is 2.33. The van der Waals surface area contributed by atoms with Gasteiger partial charge in [-0.05, 0) is 74.4 Å². The molecular weight excluding hydrogens is 373 g/mol. The van der Waals surface area contributed by atoms with Crippen LogP contribution in [0.5, 0.6) is 0 Å². The van der Waals surface area contributed by atoms with Crippen LogP contribution in [0.4, 0.5) is 5.69 Å². The van der Waals surface area contributed by atoms with Crippen LogP contribution in [0.3, 0.4) is 0 Å². The summed E-state index contributed by atoms with van der Waals surface area (Å²) in [7, 11) is 4.30. The van der Waals surface area contributed by atoms with Crippen LogP contribution >= 0.6 is 34.4 Å². The average molecular weight is 394 g/mol. The Bertz CT molecular complexity index is 405. The molecule has 0 spiro atoms. The molecular formula is C14H21ClIN3. The molecule has 19 heavy (non-hydrogen) atoms. The summed E-state index contributed by atoms with van der Waals surface area (Å²) < 4.78 is 3.04. The van der Waals surface area contributed by atoms with Crippen molar-refractivity contribution in [3.05, 3.63) is 22.0 Å². The standard InChI is InChI=1S/C14H21ClIN3/c1-18(2)10-11-3-5-12(6-4-11)19(15)14-7-8-17-9-13(14)16/h7-9,11-12H,3-6,10H2,1-2H3. The lowest BCUT2D eigenvalue weighted by Gasteiger charge is -2.35. The highest BCUT2D eigenvalue weighted by Gasteiger charge is 2.26. The van der Waals surface area contributed by atoms with E-state index in [0.29, 0.717) is 6.04 Å². The molecule has 1 aromatic rings. The zero-order chi connectivity index (χ0) is 13.8. The van der Waals surface area contributed by atoms with Crippen LogP contribution in [-0.4, -0.2) is 36.6 Å². The van der Waals surface area contributed by atoms with Gasteiger partial charge in [-0.2, -0.15) is 0 Å². The molecule has 2 rings (SSSR count). The van der Waals surface area contributed by atoms with E-state index in [9.17, 15) is 0 Å². The monoisotopic (exact) mass is 393 g/mol. The predicted octanol–water partition coefficient (Wildman–Crippen LogP) is 3.77. The molecule has 0 bridgehead atoms. The minimum absolute atomic E-state index is 0.455. The molecule has 106 valence electrons. The number of pyridine rings is 1. The molecule has 1 fully saturated rings. The number of rotatable bonds is 4. The van der Waals surface area contributed by atoms with Crippen LogP contribution in [0.1, 0.15) is 25.7 Å². The molecule has 5 heteroatoms. The maximum Gasteiger partial charge on any atom is 0.0690 e. The lowest BCUT2D eigenvalue weighted by molar-refractivity contribution is 0.251. The second-order valence-corrected chi connectivity index (χ2v) is 7.10. The van der Waals surface area contributed by atoms with E-state index in [1.165, 1.54) is 32.2 Å². The molecule has 1 aromatic heterocycles. The molecule has 0 aromatic carbocycles. The summed E-state index contributed by atoms with van der Waals surface area (Å²) in [4.78, 5) is 6.41. The lowest BCUT2D eigenvalue weighted by Crippen LogP contribution is -2.34. The smallest absolute Gasteiger partial charge is 0.0690 e. The molecule has 0 amide bonds. The van der Waals surface area contributed by atoms with E-state index in [1.807, 2.05) is 22.9 Å². The first kappa shape index (κ1) is 15.3. The summed E-state index contributed by atoms with van der Waals surface area (Å²) in [6.45, 7) is 1.20. The molecule has 3 nitrogen and oxygen atoms in total. The van der Waals surface area contributed by atoms with Gasteiger partial charge in [-0.1, -0.05) is 0 Å². The Kier molecular flexibility index (Phi) is 5.71. The van der Waals surface area contributed by atoms with E-state index in [0.717, 1.165) is 15.2 Å². The van der Waals surface area contributed by atoms with Crippen molar-refractivity contribution in [2.75, 3.05) is 25.1 Å². The average Bonchev–Trinajstić information content (AvgIpc) is 2.39.